The van der Waals surface area contributed by atoms with Crippen LogP contribution < -0.4 is 0 Å². The molecule has 0 nitrogen and oxygen atoms in total. The van der Waals surface area contributed by atoms with Gasteiger partial charge in [0.05, 0.1) is 0 Å². The van der Waals surface area contributed by atoms with Crippen LogP contribution in [0.4, 0.5) is 0 Å². The molecule has 0 amide bonds. The van der Waals surface area contributed by atoms with Crippen LogP contribution in [0.1, 0.15) is 54.0 Å². The van der Waals surface area contributed by atoms with Crippen molar-refractivity contribution >= 4 is 0 Å². The number of rotatable bonds is 7. The normalized spacial score (nSPS) is 12.4. The van der Waals surface area contributed by atoms with Crippen LogP contribution in [0.3, 0.4) is 0 Å². The number of hydrogen-bond donors (Lipinski definition) is 0. The lowest BCUT2D eigenvalue weighted by molar-refractivity contribution is 0.475. The molecular weight excluding hydrogens is 264 g/mol. The summed E-state index contributed by atoms with van der Waals surface area (Å²) in [6.07, 6.45) is 6.37. The molecule has 0 aliphatic rings. The molecular formula is C22H30. The molecule has 0 aliphatic heterocycles. The summed E-state index contributed by atoms with van der Waals surface area (Å²) in [5, 5.41) is 0. The molecule has 0 bridgehead atoms. The largest absolute Gasteiger partial charge is 0.0625 e. The zero-order valence-electron chi connectivity index (χ0n) is 14.7. The standard InChI is InChI=1S/C22H30/c1-17(8-12-21-13-9-18(2)10-14-21)6-5-7-22-15-11-19(3)20(4)16-22/h9-11,13-17H,5-8,12H2,1-4H3. The van der Waals surface area contributed by atoms with Crippen molar-refractivity contribution in [1.82, 2.24) is 0 Å². The Labute approximate surface area is 136 Å². The summed E-state index contributed by atoms with van der Waals surface area (Å²) < 4.78 is 0. The van der Waals surface area contributed by atoms with E-state index in [4.69, 9.17) is 0 Å². The van der Waals surface area contributed by atoms with Crippen LogP contribution >= 0.6 is 0 Å². The van der Waals surface area contributed by atoms with E-state index in [9.17, 15) is 0 Å². The molecule has 2 aromatic rings. The van der Waals surface area contributed by atoms with Gasteiger partial charge in [-0.2, -0.15) is 0 Å². The maximum absolute atomic E-state index is 2.40. The molecule has 0 radical (unpaired) electrons. The molecule has 2 aromatic carbocycles. The predicted molar refractivity (Wildman–Crippen MR) is 97.5 cm³/mol. The second kappa shape index (κ2) is 8.17. The summed E-state index contributed by atoms with van der Waals surface area (Å²) in [5.74, 6) is 0.813. The first-order valence-corrected chi connectivity index (χ1v) is 8.66. The first-order chi connectivity index (χ1) is 10.5. The van der Waals surface area contributed by atoms with Crippen LogP contribution in [0.2, 0.25) is 0 Å². The van der Waals surface area contributed by atoms with E-state index in [1.807, 2.05) is 0 Å². The first-order valence-electron chi connectivity index (χ1n) is 8.66. The summed E-state index contributed by atoms with van der Waals surface area (Å²) >= 11 is 0. The van der Waals surface area contributed by atoms with Gasteiger partial charge < -0.3 is 0 Å². The molecule has 0 aliphatic carbocycles. The third-order valence-corrected chi connectivity index (χ3v) is 4.78. The van der Waals surface area contributed by atoms with Crippen molar-refractivity contribution in [3.63, 3.8) is 0 Å². The summed E-state index contributed by atoms with van der Waals surface area (Å²) in [5.41, 5.74) is 7.14. The molecule has 0 spiro atoms. The maximum atomic E-state index is 2.40. The highest BCUT2D eigenvalue weighted by molar-refractivity contribution is 5.29. The van der Waals surface area contributed by atoms with Gasteiger partial charge in [-0.1, -0.05) is 61.4 Å². The van der Waals surface area contributed by atoms with E-state index < -0.39 is 0 Å². The number of aryl methyl sites for hydroxylation is 5. The van der Waals surface area contributed by atoms with Crippen molar-refractivity contribution in [2.24, 2.45) is 5.92 Å². The molecule has 1 unspecified atom stereocenters. The van der Waals surface area contributed by atoms with Crippen LogP contribution in [0.5, 0.6) is 0 Å². The maximum Gasteiger partial charge on any atom is -0.0276 e. The fourth-order valence-corrected chi connectivity index (χ4v) is 2.93. The average molecular weight is 294 g/mol. The van der Waals surface area contributed by atoms with Crippen molar-refractivity contribution < 1.29 is 0 Å². The average Bonchev–Trinajstić information content (AvgIpc) is 2.50. The van der Waals surface area contributed by atoms with Gasteiger partial charge in [-0.05, 0) is 74.6 Å². The highest BCUT2D eigenvalue weighted by Gasteiger charge is 2.04. The third-order valence-electron chi connectivity index (χ3n) is 4.78. The minimum absolute atomic E-state index is 0.813. The van der Waals surface area contributed by atoms with Gasteiger partial charge >= 0.3 is 0 Å². The smallest absolute Gasteiger partial charge is 0.0276 e. The van der Waals surface area contributed by atoms with Crippen molar-refractivity contribution in [2.45, 2.75) is 59.8 Å². The highest BCUT2D eigenvalue weighted by atomic mass is 14.1. The van der Waals surface area contributed by atoms with E-state index in [0.29, 0.717) is 0 Å². The Morgan fingerprint density at radius 3 is 2.09 bits per heavy atom. The van der Waals surface area contributed by atoms with E-state index in [-0.39, 0.29) is 0 Å². The van der Waals surface area contributed by atoms with Gasteiger partial charge in [0.15, 0.2) is 0 Å². The molecule has 0 aromatic heterocycles. The molecule has 2 rings (SSSR count). The molecule has 118 valence electrons. The summed E-state index contributed by atoms with van der Waals surface area (Å²) in [7, 11) is 0. The van der Waals surface area contributed by atoms with Crippen LogP contribution in [0, 0.1) is 26.7 Å². The zero-order valence-corrected chi connectivity index (χ0v) is 14.7. The first kappa shape index (κ1) is 16.8. The van der Waals surface area contributed by atoms with Gasteiger partial charge in [-0.15, -0.1) is 0 Å². The highest BCUT2D eigenvalue weighted by Crippen LogP contribution is 2.18. The van der Waals surface area contributed by atoms with Gasteiger partial charge in [0, 0.05) is 0 Å². The molecule has 0 saturated carbocycles. The summed E-state index contributed by atoms with van der Waals surface area (Å²) in [4.78, 5) is 0. The fourth-order valence-electron chi connectivity index (χ4n) is 2.93. The Kier molecular flexibility index (Phi) is 6.24. The summed E-state index contributed by atoms with van der Waals surface area (Å²) in [6, 6.07) is 15.9. The minimum Gasteiger partial charge on any atom is -0.0625 e. The van der Waals surface area contributed by atoms with Gasteiger partial charge in [-0.3, -0.25) is 0 Å². The topological polar surface area (TPSA) is 0 Å². The lowest BCUT2D eigenvalue weighted by Crippen LogP contribution is -1.99. The number of hydrogen-bond acceptors (Lipinski definition) is 0. The van der Waals surface area contributed by atoms with Crippen LogP contribution in [0.25, 0.3) is 0 Å². The van der Waals surface area contributed by atoms with Gasteiger partial charge in [0.2, 0.25) is 0 Å². The quantitative estimate of drug-likeness (QED) is 0.570. The summed E-state index contributed by atoms with van der Waals surface area (Å²) in [6.45, 7) is 8.95. The van der Waals surface area contributed by atoms with Crippen molar-refractivity contribution in [3.8, 4) is 0 Å². The fraction of sp³-hybridized carbons (Fsp3) is 0.455. The SMILES string of the molecule is Cc1ccc(CCC(C)CCCc2ccc(C)c(C)c2)cc1. The third kappa shape index (κ3) is 5.33. The molecule has 22 heavy (non-hydrogen) atoms. The van der Waals surface area contributed by atoms with Gasteiger partial charge in [0.1, 0.15) is 0 Å². The Morgan fingerprint density at radius 1 is 0.727 bits per heavy atom. The zero-order chi connectivity index (χ0) is 15.9. The van der Waals surface area contributed by atoms with E-state index in [1.165, 1.54) is 59.9 Å². The lowest BCUT2D eigenvalue weighted by Gasteiger charge is -2.12. The van der Waals surface area contributed by atoms with E-state index in [2.05, 4.69) is 70.2 Å². The van der Waals surface area contributed by atoms with Crippen molar-refractivity contribution in [3.05, 3.63) is 70.3 Å². The molecule has 0 fully saturated rings. The number of benzene rings is 2. The Balaban J connectivity index is 1.70. The second-order valence-corrected chi connectivity index (χ2v) is 6.94. The Morgan fingerprint density at radius 2 is 1.41 bits per heavy atom. The Bertz CT molecular complexity index is 577. The van der Waals surface area contributed by atoms with Gasteiger partial charge in [0.25, 0.3) is 0 Å². The second-order valence-electron chi connectivity index (χ2n) is 6.94. The van der Waals surface area contributed by atoms with Gasteiger partial charge in [-0.25, -0.2) is 0 Å². The molecule has 0 N–H and O–H groups in total. The van der Waals surface area contributed by atoms with Crippen LogP contribution in [0.15, 0.2) is 42.5 Å². The molecule has 0 heterocycles. The lowest BCUT2D eigenvalue weighted by atomic mass is 9.94. The minimum atomic E-state index is 0.813. The van der Waals surface area contributed by atoms with E-state index in [0.717, 1.165) is 5.92 Å². The monoisotopic (exact) mass is 294 g/mol. The van der Waals surface area contributed by atoms with E-state index in [1.54, 1.807) is 0 Å². The van der Waals surface area contributed by atoms with Crippen molar-refractivity contribution in [1.29, 1.82) is 0 Å². The molecule has 0 saturated heterocycles. The van der Waals surface area contributed by atoms with Crippen LogP contribution in [-0.4, -0.2) is 0 Å². The van der Waals surface area contributed by atoms with Crippen molar-refractivity contribution in [2.75, 3.05) is 0 Å². The molecule has 1 atom stereocenters. The molecule has 0 heteroatoms. The van der Waals surface area contributed by atoms with Crippen LogP contribution in [-0.2, 0) is 12.8 Å². The van der Waals surface area contributed by atoms with E-state index >= 15 is 0 Å². The predicted octanol–water partition coefficient (Wildman–Crippen LogP) is 6.20. The Hall–Kier alpha value is -1.56.